The number of anilines is 1. The van der Waals surface area contributed by atoms with Gasteiger partial charge in [0.15, 0.2) is 0 Å². The van der Waals surface area contributed by atoms with Gasteiger partial charge in [-0.25, -0.2) is 8.42 Å². The maximum Gasteiger partial charge on any atom is 0.235 e. The summed E-state index contributed by atoms with van der Waals surface area (Å²) >= 11 is 0. The Morgan fingerprint density at radius 2 is 2.15 bits per heavy atom. The van der Waals surface area contributed by atoms with Crippen LogP contribution in [0.15, 0.2) is 18.2 Å². The van der Waals surface area contributed by atoms with Gasteiger partial charge in [0.05, 0.1) is 18.0 Å². The van der Waals surface area contributed by atoms with E-state index in [4.69, 9.17) is 5.11 Å². The highest BCUT2D eigenvalue weighted by atomic mass is 32.2. The third kappa shape index (κ3) is 3.33. The number of sulfonamides is 1. The zero-order valence-corrected chi connectivity index (χ0v) is 12.4. The van der Waals surface area contributed by atoms with E-state index in [0.717, 1.165) is 18.4 Å². The first-order chi connectivity index (χ1) is 9.54. The van der Waals surface area contributed by atoms with Crippen molar-refractivity contribution < 1.29 is 13.5 Å². The molecule has 1 aromatic carbocycles. The number of aliphatic hydroxyl groups excluding tert-OH is 1. The number of benzene rings is 1. The maximum atomic E-state index is 12.2. The molecule has 1 N–H and O–H groups in total. The molecule has 1 heterocycles. The summed E-state index contributed by atoms with van der Waals surface area (Å²) in [4.78, 5) is 0. The van der Waals surface area contributed by atoms with Crippen LogP contribution >= 0.6 is 0 Å². The summed E-state index contributed by atoms with van der Waals surface area (Å²) in [6, 6.07) is 5.61. The fourth-order valence-corrected chi connectivity index (χ4v) is 3.90. The van der Waals surface area contributed by atoms with E-state index in [9.17, 15) is 8.42 Å². The van der Waals surface area contributed by atoms with Gasteiger partial charge in [-0.3, -0.25) is 4.31 Å². The van der Waals surface area contributed by atoms with Gasteiger partial charge in [-0.2, -0.15) is 0 Å². The summed E-state index contributed by atoms with van der Waals surface area (Å²) in [5.74, 6) is 6.04. The van der Waals surface area contributed by atoms with Crippen LogP contribution in [-0.4, -0.2) is 32.4 Å². The molecule has 1 fully saturated rings. The van der Waals surface area contributed by atoms with Gasteiger partial charge in [-0.15, -0.1) is 0 Å². The van der Waals surface area contributed by atoms with Crippen molar-refractivity contribution in [3.8, 4) is 11.8 Å². The molecule has 0 bridgehead atoms. The van der Waals surface area contributed by atoms with Crippen molar-refractivity contribution in [2.75, 3.05) is 23.2 Å². The molecule has 2 rings (SSSR count). The highest BCUT2D eigenvalue weighted by Crippen LogP contribution is 2.27. The van der Waals surface area contributed by atoms with E-state index in [2.05, 4.69) is 11.8 Å². The molecule has 0 unspecified atom stereocenters. The van der Waals surface area contributed by atoms with Gasteiger partial charge < -0.3 is 5.11 Å². The minimum atomic E-state index is -3.23. The lowest BCUT2D eigenvalue weighted by atomic mass is 10.1. The monoisotopic (exact) mass is 293 g/mol. The molecule has 5 heteroatoms. The van der Waals surface area contributed by atoms with E-state index in [-0.39, 0.29) is 12.4 Å². The fraction of sp³-hybridized carbons (Fsp3) is 0.467. The van der Waals surface area contributed by atoms with Crippen molar-refractivity contribution in [1.82, 2.24) is 0 Å². The van der Waals surface area contributed by atoms with E-state index in [0.29, 0.717) is 24.2 Å². The van der Waals surface area contributed by atoms with Gasteiger partial charge in [0.2, 0.25) is 10.0 Å². The fourth-order valence-electron chi connectivity index (χ4n) is 2.24. The molecule has 0 radical (unpaired) electrons. The molecule has 1 aliphatic rings. The first-order valence-electron chi connectivity index (χ1n) is 6.75. The van der Waals surface area contributed by atoms with Crippen molar-refractivity contribution in [1.29, 1.82) is 0 Å². The normalized spacial score (nSPS) is 17.4. The third-order valence-electron chi connectivity index (χ3n) is 3.23. The summed E-state index contributed by atoms with van der Waals surface area (Å²) in [5, 5.41) is 8.79. The zero-order chi connectivity index (χ0) is 14.6. The molecule has 0 saturated carbocycles. The molecule has 0 aliphatic carbocycles. The molecule has 0 spiro atoms. The molecular formula is C15H19NO3S. The predicted octanol–water partition coefficient (Wildman–Crippen LogP) is 1.66. The number of hydrogen-bond acceptors (Lipinski definition) is 3. The summed E-state index contributed by atoms with van der Waals surface area (Å²) in [6.45, 7) is 2.47. The van der Waals surface area contributed by atoms with Crippen LogP contribution in [0.1, 0.15) is 30.4 Å². The molecule has 4 nitrogen and oxygen atoms in total. The summed E-state index contributed by atoms with van der Waals surface area (Å²) in [5.41, 5.74) is 2.40. The molecular weight excluding hydrogens is 274 g/mol. The zero-order valence-electron chi connectivity index (χ0n) is 11.6. The van der Waals surface area contributed by atoms with E-state index in [1.54, 1.807) is 0 Å². The lowest BCUT2D eigenvalue weighted by Gasteiger charge is -2.29. The van der Waals surface area contributed by atoms with E-state index in [1.807, 2.05) is 25.1 Å². The maximum absolute atomic E-state index is 12.2. The third-order valence-corrected chi connectivity index (χ3v) is 5.09. The molecule has 108 valence electrons. The van der Waals surface area contributed by atoms with Crippen LogP contribution in [0, 0.1) is 18.8 Å². The van der Waals surface area contributed by atoms with Crippen molar-refractivity contribution >= 4 is 15.7 Å². The van der Waals surface area contributed by atoms with E-state index in [1.165, 1.54) is 4.31 Å². The molecule has 0 atom stereocenters. The second-order valence-corrected chi connectivity index (χ2v) is 6.90. The quantitative estimate of drug-likeness (QED) is 0.844. The average molecular weight is 293 g/mol. The Kier molecular flexibility index (Phi) is 4.69. The lowest BCUT2D eigenvalue weighted by Crippen LogP contribution is -2.38. The molecule has 0 aromatic heterocycles. The van der Waals surface area contributed by atoms with Crippen LogP contribution in [0.5, 0.6) is 0 Å². The van der Waals surface area contributed by atoms with Crippen molar-refractivity contribution in [2.24, 2.45) is 0 Å². The van der Waals surface area contributed by atoms with Crippen LogP contribution in [0.2, 0.25) is 0 Å². The Morgan fingerprint density at radius 3 is 2.85 bits per heavy atom. The van der Waals surface area contributed by atoms with Gasteiger partial charge in [0.25, 0.3) is 0 Å². The van der Waals surface area contributed by atoms with Crippen molar-refractivity contribution in [3.05, 3.63) is 29.3 Å². The number of aryl methyl sites for hydroxylation is 1. The molecule has 20 heavy (non-hydrogen) atoms. The number of aliphatic hydroxyl groups is 1. The minimum Gasteiger partial charge on any atom is -0.395 e. The number of hydrogen-bond donors (Lipinski definition) is 1. The Hall–Kier alpha value is -1.51. The van der Waals surface area contributed by atoms with Gasteiger partial charge in [0, 0.05) is 18.5 Å². The van der Waals surface area contributed by atoms with Crippen molar-refractivity contribution in [2.45, 2.75) is 26.2 Å². The Morgan fingerprint density at radius 1 is 1.35 bits per heavy atom. The Balaban J connectivity index is 2.43. The topological polar surface area (TPSA) is 57.6 Å². The van der Waals surface area contributed by atoms with Crippen LogP contribution < -0.4 is 4.31 Å². The summed E-state index contributed by atoms with van der Waals surface area (Å²) in [7, 11) is -3.23. The first kappa shape index (κ1) is 14.9. The number of rotatable bonds is 2. The van der Waals surface area contributed by atoms with Crippen LogP contribution in [0.4, 0.5) is 5.69 Å². The van der Waals surface area contributed by atoms with E-state index >= 15 is 0 Å². The Bertz CT molecular complexity index is 641. The van der Waals surface area contributed by atoms with Gasteiger partial charge >= 0.3 is 0 Å². The lowest BCUT2D eigenvalue weighted by molar-refractivity contribution is 0.305. The van der Waals surface area contributed by atoms with E-state index < -0.39 is 10.0 Å². The van der Waals surface area contributed by atoms with Gasteiger partial charge in [-0.05, 0) is 37.5 Å². The Labute approximate surface area is 120 Å². The molecule has 1 aliphatic heterocycles. The minimum absolute atomic E-state index is 0.0101. The molecule has 1 saturated heterocycles. The second kappa shape index (κ2) is 6.29. The average Bonchev–Trinajstić information content (AvgIpc) is 2.40. The SMILES string of the molecule is Cc1ccc(N2CCCCS2(=O)=O)c(C#CCCO)c1. The standard InChI is InChI=1S/C15H19NO3S/c1-13-7-8-15(14(12-13)6-2-4-10-17)16-9-3-5-11-20(16,18)19/h7-8,12,17H,3-5,9-11H2,1H3. The van der Waals surface area contributed by atoms with Gasteiger partial charge in [-0.1, -0.05) is 17.9 Å². The highest BCUT2D eigenvalue weighted by Gasteiger charge is 2.27. The smallest absolute Gasteiger partial charge is 0.235 e. The molecule has 1 aromatic rings. The van der Waals surface area contributed by atoms with Crippen LogP contribution in [0.25, 0.3) is 0 Å². The summed E-state index contributed by atoms with van der Waals surface area (Å²) in [6.07, 6.45) is 1.98. The highest BCUT2D eigenvalue weighted by molar-refractivity contribution is 7.92. The first-order valence-corrected chi connectivity index (χ1v) is 8.36. The van der Waals surface area contributed by atoms with Gasteiger partial charge in [0.1, 0.15) is 0 Å². The van der Waals surface area contributed by atoms with Crippen molar-refractivity contribution in [3.63, 3.8) is 0 Å². The van der Waals surface area contributed by atoms with Crippen LogP contribution in [-0.2, 0) is 10.0 Å². The largest absolute Gasteiger partial charge is 0.395 e. The predicted molar refractivity (Wildman–Crippen MR) is 80.1 cm³/mol. The second-order valence-electron chi connectivity index (χ2n) is 4.89. The van der Waals surface area contributed by atoms with Crippen LogP contribution in [0.3, 0.4) is 0 Å². The summed E-state index contributed by atoms with van der Waals surface area (Å²) < 4.78 is 25.8. The molecule has 0 amide bonds. The number of nitrogens with zero attached hydrogens (tertiary/aromatic N) is 1.